The molecule has 2 fully saturated rings. The molecule has 3 heteroatoms. The number of piperidine rings is 1. The smallest absolute Gasteiger partial charge is 0.151 e. The number of carbonyl (C=O) groups is 1. The van der Waals surface area contributed by atoms with E-state index in [1.165, 1.54) is 5.56 Å². The fraction of sp³-hybridized carbons (Fsp3) is 0.500. The number of fused-ring (bicyclic) bond motifs is 1. The molecule has 2 aliphatic rings. The molecule has 3 nitrogen and oxygen atoms in total. The van der Waals surface area contributed by atoms with E-state index in [-0.39, 0.29) is 5.92 Å². The largest absolute Gasteiger partial charge is 0.315 e. The fourth-order valence-corrected chi connectivity index (χ4v) is 3.03. The Morgan fingerprint density at radius 3 is 2.94 bits per heavy atom. The van der Waals surface area contributed by atoms with Gasteiger partial charge in [0.15, 0.2) is 5.78 Å². The van der Waals surface area contributed by atoms with Gasteiger partial charge in [-0.25, -0.2) is 0 Å². The number of rotatable bonds is 2. The van der Waals surface area contributed by atoms with E-state index in [1.807, 2.05) is 6.07 Å². The van der Waals surface area contributed by atoms with Crippen LogP contribution in [0.15, 0.2) is 30.3 Å². The number of hydrogen-bond donors (Lipinski definition) is 1. The average molecular weight is 230 g/mol. The molecule has 90 valence electrons. The lowest BCUT2D eigenvalue weighted by Crippen LogP contribution is -2.45. The van der Waals surface area contributed by atoms with E-state index >= 15 is 0 Å². The van der Waals surface area contributed by atoms with Crippen molar-refractivity contribution in [2.24, 2.45) is 5.92 Å². The predicted octanol–water partition coefficient (Wildman–Crippen LogP) is 1.05. The van der Waals surface area contributed by atoms with Crippen LogP contribution in [0, 0.1) is 5.92 Å². The van der Waals surface area contributed by atoms with Crippen LogP contribution in [0.3, 0.4) is 0 Å². The zero-order valence-corrected chi connectivity index (χ0v) is 9.93. The highest BCUT2D eigenvalue weighted by molar-refractivity contribution is 5.86. The predicted molar refractivity (Wildman–Crippen MR) is 66.6 cm³/mol. The van der Waals surface area contributed by atoms with Crippen molar-refractivity contribution in [1.82, 2.24) is 10.2 Å². The second-order valence-corrected chi connectivity index (χ2v) is 5.02. The third-order valence-corrected chi connectivity index (χ3v) is 3.92. The maximum Gasteiger partial charge on any atom is 0.151 e. The van der Waals surface area contributed by atoms with Gasteiger partial charge in [-0.3, -0.25) is 9.69 Å². The Morgan fingerprint density at radius 2 is 2.12 bits per heavy atom. The van der Waals surface area contributed by atoms with Gasteiger partial charge >= 0.3 is 0 Å². The van der Waals surface area contributed by atoms with Gasteiger partial charge in [-0.15, -0.1) is 0 Å². The van der Waals surface area contributed by atoms with Crippen molar-refractivity contribution in [3.8, 4) is 0 Å². The second-order valence-electron chi connectivity index (χ2n) is 5.02. The van der Waals surface area contributed by atoms with Crippen LogP contribution in [-0.4, -0.2) is 36.4 Å². The van der Waals surface area contributed by atoms with Gasteiger partial charge in [0.25, 0.3) is 0 Å². The van der Waals surface area contributed by atoms with E-state index in [0.29, 0.717) is 18.4 Å². The first-order valence-corrected chi connectivity index (χ1v) is 6.36. The molecule has 0 aliphatic carbocycles. The molecule has 17 heavy (non-hydrogen) atoms. The van der Waals surface area contributed by atoms with Gasteiger partial charge in [-0.05, 0) is 18.5 Å². The first kappa shape index (κ1) is 10.9. The van der Waals surface area contributed by atoms with Gasteiger partial charge in [0.1, 0.15) is 0 Å². The van der Waals surface area contributed by atoms with Crippen molar-refractivity contribution in [2.45, 2.75) is 19.0 Å². The molecule has 2 saturated heterocycles. The monoisotopic (exact) mass is 230 g/mol. The number of carbonyl (C=O) groups excluding carboxylic acids is 1. The van der Waals surface area contributed by atoms with Gasteiger partial charge in [0, 0.05) is 25.0 Å². The third-order valence-electron chi connectivity index (χ3n) is 3.92. The highest BCUT2D eigenvalue weighted by Gasteiger charge is 2.41. The van der Waals surface area contributed by atoms with E-state index in [4.69, 9.17) is 0 Å². The molecule has 1 N–H and O–H groups in total. The average Bonchev–Trinajstić information content (AvgIpc) is 2.69. The van der Waals surface area contributed by atoms with Crippen LogP contribution in [0.1, 0.15) is 12.0 Å². The highest BCUT2D eigenvalue weighted by Crippen LogP contribution is 2.27. The summed E-state index contributed by atoms with van der Waals surface area (Å²) in [5, 5.41) is 3.40. The Hall–Kier alpha value is -1.19. The molecule has 2 atom stereocenters. The van der Waals surface area contributed by atoms with Crippen LogP contribution in [0.5, 0.6) is 0 Å². The number of Topliss-reactive ketones (excluding diaryl/α,β-unsaturated/α-hetero) is 1. The minimum Gasteiger partial charge on any atom is -0.315 e. The number of benzene rings is 1. The van der Waals surface area contributed by atoms with E-state index in [1.54, 1.807) is 0 Å². The minimum absolute atomic E-state index is 0.278. The lowest BCUT2D eigenvalue weighted by Gasteiger charge is -2.31. The van der Waals surface area contributed by atoms with Crippen molar-refractivity contribution in [3.05, 3.63) is 35.9 Å². The summed E-state index contributed by atoms with van der Waals surface area (Å²) in [5.41, 5.74) is 1.30. The molecule has 0 amide bonds. The van der Waals surface area contributed by atoms with Crippen LogP contribution in [0.25, 0.3) is 0 Å². The number of hydrogen-bond acceptors (Lipinski definition) is 3. The molecule has 2 aliphatic heterocycles. The Kier molecular flexibility index (Phi) is 2.95. The van der Waals surface area contributed by atoms with Crippen LogP contribution >= 0.6 is 0 Å². The molecule has 1 aromatic carbocycles. The Labute approximate surface area is 102 Å². The number of nitrogens with one attached hydrogen (secondary N) is 1. The highest BCUT2D eigenvalue weighted by atomic mass is 16.1. The van der Waals surface area contributed by atoms with Crippen molar-refractivity contribution in [2.75, 3.05) is 19.6 Å². The summed E-state index contributed by atoms with van der Waals surface area (Å²) in [6.07, 6.45) is 1.01. The molecule has 0 spiro atoms. The van der Waals surface area contributed by atoms with E-state index < -0.39 is 0 Å². The summed E-state index contributed by atoms with van der Waals surface area (Å²) >= 11 is 0. The second kappa shape index (κ2) is 4.59. The Bertz CT molecular complexity index is 404. The molecule has 0 saturated carbocycles. The van der Waals surface area contributed by atoms with Crippen LogP contribution in [-0.2, 0) is 11.3 Å². The first-order chi connectivity index (χ1) is 8.34. The topological polar surface area (TPSA) is 32.3 Å². The van der Waals surface area contributed by atoms with E-state index in [2.05, 4.69) is 34.5 Å². The van der Waals surface area contributed by atoms with Crippen molar-refractivity contribution >= 4 is 5.78 Å². The fourth-order valence-electron chi connectivity index (χ4n) is 3.03. The van der Waals surface area contributed by atoms with Crippen molar-refractivity contribution in [3.63, 3.8) is 0 Å². The first-order valence-electron chi connectivity index (χ1n) is 6.36. The van der Waals surface area contributed by atoms with Gasteiger partial charge in [-0.1, -0.05) is 30.3 Å². The molecule has 0 bridgehead atoms. The summed E-state index contributed by atoms with van der Waals surface area (Å²) < 4.78 is 0. The quantitative estimate of drug-likeness (QED) is 0.824. The SMILES string of the molecule is O=C1CN(Cc2ccccc2)[C@@H]2CNCC[C@@H]12. The van der Waals surface area contributed by atoms with Crippen LogP contribution in [0.4, 0.5) is 0 Å². The lowest BCUT2D eigenvalue weighted by atomic mass is 9.92. The molecular formula is C14H18N2O. The van der Waals surface area contributed by atoms with Crippen molar-refractivity contribution in [1.29, 1.82) is 0 Å². The summed E-state index contributed by atoms with van der Waals surface area (Å²) in [7, 11) is 0. The van der Waals surface area contributed by atoms with E-state index in [9.17, 15) is 4.79 Å². The zero-order valence-electron chi connectivity index (χ0n) is 9.93. The van der Waals surface area contributed by atoms with E-state index in [0.717, 1.165) is 26.1 Å². The summed E-state index contributed by atoms with van der Waals surface area (Å²) in [6, 6.07) is 10.8. The number of likely N-dealkylation sites (tertiary alicyclic amines) is 1. The maximum atomic E-state index is 11.9. The Balaban J connectivity index is 1.74. The van der Waals surface area contributed by atoms with Crippen LogP contribution in [0.2, 0.25) is 0 Å². The molecule has 1 aromatic rings. The molecule has 2 heterocycles. The maximum absolute atomic E-state index is 11.9. The Morgan fingerprint density at radius 1 is 1.29 bits per heavy atom. The van der Waals surface area contributed by atoms with Crippen LogP contribution < -0.4 is 5.32 Å². The lowest BCUT2D eigenvalue weighted by molar-refractivity contribution is -0.120. The van der Waals surface area contributed by atoms with Crippen molar-refractivity contribution < 1.29 is 4.79 Å². The standard InChI is InChI=1S/C14H18N2O/c17-14-10-16(9-11-4-2-1-3-5-11)13-8-15-7-6-12(13)14/h1-5,12-13,15H,6-10H2/t12-,13-/m1/s1. The van der Waals surface area contributed by atoms with Gasteiger partial charge in [0.05, 0.1) is 6.54 Å². The number of ketones is 1. The third kappa shape index (κ3) is 2.13. The number of nitrogens with zero attached hydrogens (tertiary/aromatic N) is 1. The molecular weight excluding hydrogens is 212 g/mol. The molecule has 0 unspecified atom stereocenters. The summed E-state index contributed by atoms with van der Waals surface area (Å²) in [5.74, 6) is 0.715. The summed E-state index contributed by atoms with van der Waals surface area (Å²) in [4.78, 5) is 14.3. The zero-order chi connectivity index (χ0) is 11.7. The molecule has 0 aromatic heterocycles. The summed E-state index contributed by atoms with van der Waals surface area (Å²) in [6.45, 7) is 3.48. The minimum atomic E-state index is 0.278. The van der Waals surface area contributed by atoms with Gasteiger partial charge in [-0.2, -0.15) is 0 Å². The van der Waals surface area contributed by atoms with Gasteiger partial charge < -0.3 is 5.32 Å². The molecule has 3 rings (SSSR count). The van der Waals surface area contributed by atoms with Gasteiger partial charge in [0.2, 0.25) is 0 Å². The molecule has 0 radical (unpaired) electrons. The normalized spacial score (nSPS) is 29.3.